The minimum absolute atomic E-state index is 0.0683. The number of unbranched alkanes of at least 4 members (excludes halogenated alkanes) is 4. The molecular formula is C20H34N4O2. The highest BCUT2D eigenvalue weighted by molar-refractivity contribution is 5.95. The van der Waals surface area contributed by atoms with Crippen LogP contribution < -0.4 is 10.6 Å². The lowest BCUT2D eigenvalue weighted by atomic mass is 10.1. The van der Waals surface area contributed by atoms with Crippen LogP contribution in [0.25, 0.3) is 0 Å². The van der Waals surface area contributed by atoms with Crippen LogP contribution in [0.3, 0.4) is 0 Å². The standard InChI is InChI=1S/C20H34N4O2/c1-6-7-8-9-10-11-24(5)14-19(25)22-17-12-18(16(4)21-13-17)23-20(26)15(2)3/h12-13,15H,6-11,14H2,1-5H3,(H,22,25)(H,23,26). The minimum Gasteiger partial charge on any atom is -0.324 e. The van der Waals surface area contributed by atoms with Crippen molar-refractivity contribution in [2.24, 2.45) is 5.92 Å². The number of anilines is 2. The Morgan fingerprint density at radius 1 is 1.15 bits per heavy atom. The third-order valence-corrected chi connectivity index (χ3v) is 4.21. The lowest BCUT2D eigenvalue weighted by Crippen LogP contribution is -2.31. The zero-order chi connectivity index (χ0) is 19.5. The Kier molecular flexibility index (Phi) is 9.88. The fraction of sp³-hybridized carbons (Fsp3) is 0.650. The van der Waals surface area contributed by atoms with E-state index in [1.807, 2.05) is 32.7 Å². The van der Waals surface area contributed by atoms with Gasteiger partial charge in [0.15, 0.2) is 0 Å². The molecular weight excluding hydrogens is 328 g/mol. The number of carbonyl (C=O) groups excluding carboxylic acids is 2. The summed E-state index contributed by atoms with van der Waals surface area (Å²) >= 11 is 0. The first kappa shape index (κ1) is 22.1. The summed E-state index contributed by atoms with van der Waals surface area (Å²) in [6.07, 6.45) is 7.71. The number of aryl methyl sites for hydroxylation is 1. The zero-order valence-corrected chi connectivity index (χ0v) is 16.9. The van der Waals surface area contributed by atoms with E-state index in [1.54, 1.807) is 12.3 Å². The maximum Gasteiger partial charge on any atom is 0.238 e. The van der Waals surface area contributed by atoms with Gasteiger partial charge in [0.1, 0.15) is 0 Å². The number of hydrogen-bond acceptors (Lipinski definition) is 4. The first-order valence-electron chi connectivity index (χ1n) is 9.59. The average Bonchev–Trinajstić information content (AvgIpc) is 2.57. The number of amides is 2. The Hall–Kier alpha value is -1.95. The predicted octanol–water partition coefficient (Wildman–Crippen LogP) is 3.83. The molecule has 1 aromatic rings. The van der Waals surface area contributed by atoms with Gasteiger partial charge in [0.25, 0.3) is 0 Å². The van der Waals surface area contributed by atoms with E-state index in [0.29, 0.717) is 17.9 Å². The number of pyridine rings is 1. The van der Waals surface area contributed by atoms with Gasteiger partial charge in [-0.3, -0.25) is 19.5 Å². The van der Waals surface area contributed by atoms with Crippen LogP contribution in [0.15, 0.2) is 12.3 Å². The fourth-order valence-electron chi connectivity index (χ4n) is 2.52. The SMILES string of the molecule is CCCCCCCN(C)CC(=O)Nc1cnc(C)c(NC(=O)C(C)C)c1. The summed E-state index contributed by atoms with van der Waals surface area (Å²) in [6.45, 7) is 8.96. The molecule has 0 atom stereocenters. The van der Waals surface area contributed by atoms with Crippen molar-refractivity contribution < 1.29 is 9.59 Å². The Morgan fingerprint density at radius 3 is 2.50 bits per heavy atom. The number of nitrogens with one attached hydrogen (secondary N) is 2. The molecule has 146 valence electrons. The molecule has 0 aromatic carbocycles. The van der Waals surface area contributed by atoms with Gasteiger partial charge in [-0.25, -0.2) is 0 Å². The molecule has 0 aliphatic carbocycles. The molecule has 0 saturated carbocycles. The summed E-state index contributed by atoms with van der Waals surface area (Å²) in [4.78, 5) is 30.4. The Labute approximate surface area is 157 Å². The van der Waals surface area contributed by atoms with Crippen molar-refractivity contribution in [1.29, 1.82) is 0 Å². The van der Waals surface area contributed by atoms with Crippen molar-refractivity contribution in [1.82, 2.24) is 9.88 Å². The molecule has 0 aliphatic heterocycles. The summed E-state index contributed by atoms with van der Waals surface area (Å²) in [6, 6.07) is 1.76. The van der Waals surface area contributed by atoms with Gasteiger partial charge in [-0.15, -0.1) is 0 Å². The van der Waals surface area contributed by atoms with Gasteiger partial charge in [-0.1, -0.05) is 46.5 Å². The van der Waals surface area contributed by atoms with Crippen LogP contribution >= 0.6 is 0 Å². The van der Waals surface area contributed by atoms with E-state index in [2.05, 4.69) is 22.5 Å². The maximum atomic E-state index is 12.2. The average molecular weight is 363 g/mol. The second kappa shape index (κ2) is 11.6. The Morgan fingerprint density at radius 2 is 1.85 bits per heavy atom. The van der Waals surface area contributed by atoms with E-state index in [-0.39, 0.29) is 17.7 Å². The number of carbonyl (C=O) groups is 2. The van der Waals surface area contributed by atoms with Crippen molar-refractivity contribution in [2.45, 2.75) is 59.8 Å². The summed E-state index contributed by atoms with van der Waals surface area (Å²) in [5.74, 6) is -0.257. The van der Waals surface area contributed by atoms with Crippen LogP contribution in [-0.2, 0) is 9.59 Å². The maximum absolute atomic E-state index is 12.2. The number of rotatable bonds is 11. The molecule has 6 heteroatoms. The van der Waals surface area contributed by atoms with Gasteiger partial charge in [0, 0.05) is 5.92 Å². The van der Waals surface area contributed by atoms with Crippen LogP contribution in [0.1, 0.15) is 58.6 Å². The van der Waals surface area contributed by atoms with Crippen LogP contribution in [0.5, 0.6) is 0 Å². The van der Waals surface area contributed by atoms with E-state index in [4.69, 9.17) is 0 Å². The van der Waals surface area contributed by atoms with Crippen LogP contribution in [0.2, 0.25) is 0 Å². The molecule has 0 fully saturated rings. The van der Waals surface area contributed by atoms with Crippen LogP contribution in [-0.4, -0.2) is 41.8 Å². The van der Waals surface area contributed by atoms with Crippen molar-refractivity contribution in [2.75, 3.05) is 30.8 Å². The highest BCUT2D eigenvalue weighted by Crippen LogP contribution is 2.18. The molecule has 2 amide bonds. The number of likely N-dealkylation sites (N-methyl/N-ethyl adjacent to an activating group) is 1. The fourth-order valence-corrected chi connectivity index (χ4v) is 2.52. The van der Waals surface area contributed by atoms with Crippen LogP contribution in [0, 0.1) is 12.8 Å². The first-order chi connectivity index (χ1) is 12.3. The van der Waals surface area contributed by atoms with E-state index in [1.165, 1.54) is 25.7 Å². The highest BCUT2D eigenvalue weighted by atomic mass is 16.2. The van der Waals surface area contributed by atoms with Crippen molar-refractivity contribution >= 4 is 23.2 Å². The molecule has 1 aromatic heterocycles. The van der Waals surface area contributed by atoms with Crippen molar-refractivity contribution in [3.05, 3.63) is 18.0 Å². The van der Waals surface area contributed by atoms with Crippen molar-refractivity contribution in [3.8, 4) is 0 Å². The monoisotopic (exact) mass is 362 g/mol. The Balaban J connectivity index is 2.49. The minimum atomic E-state index is -0.112. The third kappa shape index (κ3) is 8.43. The van der Waals surface area contributed by atoms with E-state index < -0.39 is 0 Å². The summed E-state index contributed by atoms with van der Waals surface area (Å²) in [5.41, 5.74) is 1.95. The van der Waals surface area contributed by atoms with E-state index >= 15 is 0 Å². The molecule has 26 heavy (non-hydrogen) atoms. The molecule has 0 radical (unpaired) electrons. The summed E-state index contributed by atoms with van der Waals surface area (Å²) in [5, 5.41) is 5.70. The molecule has 2 N–H and O–H groups in total. The van der Waals surface area contributed by atoms with Gasteiger partial charge < -0.3 is 10.6 Å². The quantitative estimate of drug-likeness (QED) is 0.587. The van der Waals surface area contributed by atoms with Gasteiger partial charge in [0.05, 0.1) is 29.8 Å². The highest BCUT2D eigenvalue weighted by Gasteiger charge is 2.12. The lowest BCUT2D eigenvalue weighted by Gasteiger charge is -2.17. The Bertz CT molecular complexity index is 587. The first-order valence-corrected chi connectivity index (χ1v) is 9.59. The zero-order valence-electron chi connectivity index (χ0n) is 16.9. The topological polar surface area (TPSA) is 74.3 Å². The van der Waals surface area contributed by atoms with E-state index in [0.717, 1.165) is 18.7 Å². The molecule has 0 saturated heterocycles. The second-order valence-electron chi connectivity index (χ2n) is 7.20. The molecule has 1 heterocycles. The number of nitrogens with zero attached hydrogens (tertiary/aromatic N) is 2. The number of hydrogen-bond donors (Lipinski definition) is 2. The second-order valence-corrected chi connectivity index (χ2v) is 7.20. The molecule has 0 bridgehead atoms. The molecule has 6 nitrogen and oxygen atoms in total. The summed E-state index contributed by atoms with van der Waals surface area (Å²) < 4.78 is 0. The van der Waals surface area contributed by atoms with Crippen molar-refractivity contribution in [3.63, 3.8) is 0 Å². The van der Waals surface area contributed by atoms with Gasteiger partial charge in [-0.2, -0.15) is 0 Å². The lowest BCUT2D eigenvalue weighted by molar-refractivity contribution is -0.119. The van der Waals surface area contributed by atoms with Gasteiger partial charge in [-0.05, 0) is 33.0 Å². The molecule has 0 aliphatic rings. The number of aromatic nitrogens is 1. The van der Waals surface area contributed by atoms with Crippen LogP contribution in [0.4, 0.5) is 11.4 Å². The third-order valence-electron chi connectivity index (χ3n) is 4.21. The normalized spacial score (nSPS) is 11.0. The smallest absolute Gasteiger partial charge is 0.238 e. The summed E-state index contributed by atoms with van der Waals surface area (Å²) in [7, 11) is 1.96. The van der Waals surface area contributed by atoms with Gasteiger partial charge >= 0.3 is 0 Å². The van der Waals surface area contributed by atoms with Gasteiger partial charge in [0.2, 0.25) is 11.8 Å². The largest absolute Gasteiger partial charge is 0.324 e. The van der Waals surface area contributed by atoms with E-state index in [9.17, 15) is 9.59 Å². The molecule has 1 rings (SSSR count). The molecule has 0 unspecified atom stereocenters. The molecule has 0 spiro atoms. The predicted molar refractivity (Wildman–Crippen MR) is 107 cm³/mol.